The van der Waals surface area contributed by atoms with Gasteiger partial charge in [0, 0.05) is 53.7 Å². The normalized spacial score (nSPS) is 13.5. The fourth-order valence-corrected chi connectivity index (χ4v) is 4.63. The number of aryl methyl sites for hydroxylation is 2. The first-order chi connectivity index (χ1) is 16.2. The Kier molecular flexibility index (Phi) is 10.1. The van der Waals surface area contributed by atoms with Crippen molar-refractivity contribution < 1.29 is 14.7 Å². The van der Waals surface area contributed by atoms with Gasteiger partial charge in [-0.1, -0.05) is 24.9 Å². The summed E-state index contributed by atoms with van der Waals surface area (Å²) in [6, 6.07) is 6.07. The van der Waals surface area contributed by atoms with Gasteiger partial charge in [0.05, 0.1) is 6.04 Å². The molecule has 1 aliphatic rings. The molecule has 1 aromatic carbocycles. The molecule has 0 bridgehead atoms. The molecule has 0 aliphatic carbocycles. The molecule has 1 aliphatic heterocycles. The van der Waals surface area contributed by atoms with Gasteiger partial charge in [-0.05, 0) is 63.6 Å². The van der Waals surface area contributed by atoms with Crippen molar-refractivity contribution in [1.82, 2.24) is 15.2 Å². The number of aromatic amines is 1. The number of carbonyl (C=O) groups excluding carboxylic acids is 1. The third-order valence-electron chi connectivity index (χ3n) is 6.03. The summed E-state index contributed by atoms with van der Waals surface area (Å²) in [5.41, 5.74) is 4.75. The van der Waals surface area contributed by atoms with Crippen LogP contribution < -0.4 is 15.8 Å². The van der Waals surface area contributed by atoms with E-state index in [0.717, 1.165) is 55.0 Å². The largest absolute Gasteiger partial charge is 0.483 e. The molecule has 9 heteroatoms. The molecular weight excluding hydrogens is 456 g/mol. The van der Waals surface area contributed by atoms with E-state index in [2.05, 4.69) is 41.0 Å². The number of H-pyrrole nitrogens is 1. The van der Waals surface area contributed by atoms with Crippen molar-refractivity contribution >= 4 is 29.7 Å². The molecule has 2 aromatic rings. The van der Waals surface area contributed by atoms with Crippen molar-refractivity contribution in [2.45, 2.75) is 53.1 Å². The number of nitrogens with zero attached hydrogens (tertiary/aromatic N) is 2. The van der Waals surface area contributed by atoms with Gasteiger partial charge in [0.25, 0.3) is 17.9 Å². The zero-order chi connectivity index (χ0) is 25.4. The molecule has 3 rings (SSSR count). The third-order valence-corrected chi connectivity index (χ3v) is 6.25. The molecule has 1 fully saturated rings. The first kappa shape index (κ1) is 27.4. The Labute approximate surface area is 205 Å². The maximum Gasteiger partial charge on any atom is 0.290 e. The van der Waals surface area contributed by atoms with Crippen LogP contribution in [0.4, 0.5) is 5.69 Å². The topological polar surface area (TPSA) is 106 Å². The number of likely N-dealkylation sites (N-methyl/N-ethyl adjacent to an activating group) is 2. The number of carboxylic acid groups (broad SMARTS) is 1. The Bertz CT molecular complexity index is 1060. The van der Waals surface area contributed by atoms with E-state index < -0.39 is 0 Å². The van der Waals surface area contributed by atoms with Crippen LogP contribution in [-0.2, 0) is 17.8 Å². The minimum absolute atomic E-state index is 0.140. The molecule has 0 atom stereocenters. The number of hydrogen-bond donors (Lipinski definition) is 3. The molecule has 34 heavy (non-hydrogen) atoms. The Morgan fingerprint density at radius 1 is 1.29 bits per heavy atom. The average Bonchev–Trinajstić information content (AvgIpc) is 2.75. The van der Waals surface area contributed by atoms with E-state index in [4.69, 9.17) is 21.5 Å². The summed E-state index contributed by atoms with van der Waals surface area (Å²) in [5, 5.41) is 10.4. The molecule has 1 amide bonds. The number of benzene rings is 1. The van der Waals surface area contributed by atoms with Gasteiger partial charge in [-0.25, -0.2) is 0 Å². The van der Waals surface area contributed by atoms with Crippen LogP contribution in [0, 0.1) is 13.8 Å². The van der Waals surface area contributed by atoms with Crippen LogP contribution in [0.25, 0.3) is 0 Å². The summed E-state index contributed by atoms with van der Waals surface area (Å²) in [4.78, 5) is 41.4. The second-order valence-electron chi connectivity index (χ2n) is 8.58. The van der Waals surface area contributed by atoms with E-state index in [-0.39, 0.29) is 24.5 Å². The lowest BCUT2D eigenvalue weighted by atomic mass is 10.0. The van der Waals surface area contributed by atoms with E-state index in [1.54, 1.807) is 6.07 Å². The van der Waals surface area contributed by atoms with Gasteiger partial charge in [-0.15, -0.1) is 0 Å². The molecular formula is C25H35ClN4O4. The maximum atomic E-state index is 13.1. The molecule has 2 heterocycles. The van der Waals surface area contributed by atoms with Crippen molar-refractivity contribution in [1.29, 1.82) is 0 Å². The SMILES string of the molecule is CCCc1cc(C)[nH]c(=O)c1CNC(=O)c1cc(Cl)cc(N(CC)C2CN(C)C2)c1C.O=CO. The predicted octanol–water partition coefficient (Wildman–Crippen LogP) is 3.37. The van der Waals surface area contributed by atoms with Crippen molar-refractivity contribution in [3.05, 3.63) is 61.5 Å². The predicted molar refractivity (Wildman–Crippen MR) is 136 cm³/mol. The molecule has 3 N–H and O–H groups in total. The molecule has 0 saturated carbocycles. The molecule has 1 aromatic heterocycles. The highest BCUT2D eigenvalue weighted by Gasteiger charge is 2.30. The summed E-state index contributed by atoms with van der Waals surface area (Å²) < 4.78 is 0. The van der Waals surface area contributed by atoms with E-state index in [1.807, 2.05) is 26.0 Å². The first-order valence-electron chi connectivity index (χ1n) is 11.5. The van der Waals surface area contributed by atoms with Crippen LogP contribution in [0.3, 0.4) is 0 Å². The van der Waals surface area contributed by atoms with Gasteiger partial charge in [0.2, 0.25) is 0 Å². The number of halogens is 1. The van der Waals surface area contributed by atoms with Crippen LogP contribution >= 0.6 is 11.6 Å². The number of hydrogen-bond acceptors (Lipinski definition) is 5. The first-order valence-corrected chi connectivity index (χ1v) is 11.9. The maximum absolute atomic E-state index is 13.1. The van der Waals surface area contributed by atoms with Gasteiger partial charge < -0.3 is 25.2 Å². The van der Waals surface area contributed by atoms with E-state index in [1.165, 1.54) is 0 Å². The van der Waals surface area contributed by atoms with Gasteiger partial charge in [0.1, 0.15) is 0 Å². The third kappa shape index (κ3) is 6.61. The smallest absolute Gasteiger partial charge is 0.290 e. The second kappa shape index (κ2) is 12.6. The lowest BCUT2D eigenvalue weighted by molar-refractivity contribution is -0.122. The van der Waals surface area contributed by atoms with E-state index in [9.17, 15) is 9.59 Å². The van der Waals surface area contributed by atoms with Crippen LogP contribution in [0.1, 0.15) is 53.0 Å². The van der Waals surface area contributed by atoms with Crippen molar-refractivity contribution in [2.24, 2.45) is 0 Å². The number of likely N-dealkylation sites (tertiary alicyclic amines) is 1. The summed E-state index contributed by atoms with van der Waals surface area (Å²) >= 11 is 6.42. The lowest BCUT2D eigenvalue weighted by Crippen LogP contribution is -2.58. The fraction of sp³-hybridized carbons (Fsp3) is 0.480. The number of carbonyl (C=O) groups is 2. The Morgan fingerprint density at radius 2 is 1.94 bits per heavy atom. The minimum Gasteiger partial charge on any atom is -0.483 e. The number of rotatable bonds is 8. The second-order valence-corrected chi connectivity index (χ2v) is 9.02. The standard InChI is InChI=1S/C24H33ClN4O2.CH2O2/c1-6-8-17-9-15(3)27-24(31)21(17)12-26-23(30)20-10-18(25)11-22(16(20)4)29(7-2)19-13-28(5)14-19;2-1-3/h9-11,19H,6-8,12-14H2,1-5H3,(H,26,30)(H,27,31);1H,(H,2,3). The number of nitrogens with one attached hydrogen (secondary N) is 2. The van der Waals surface area contributed by atoms with Gasteiger partial charge in [-0.2, -0.15) is 0 Å². The molecule has 0 radical (unpaired) electrons. The van der Waals surface area contributed by atoms with E-state index >= 15 is 0 Å². The highest BCUT2D eigenvalue weighted by Crippen LogP contribution is 2.31. The fourth-order valence-electron chi connectivity index (χ4n) is 4.42. The quantitative estimate of drug-likeness (QED) is 0.490. The van der Waals surface area contributed by atoms with Crippen LogP contribution in [0.5, 0.6) is 0 Å². The summed E-state index contributed by atoms with van der Waals surface area (Å²) in [5.74, 6) is -0.217. The summed E-state index contributed by atoms with van der Waals surface area (Å²) in [7, 11) is 2.10. The van der Waals surface area contributed by atoms with Crippen LogP contribution in [0.15, 0.2) is 23.0 Å². The summed E-state index contributed by atoms with van der Waals surface area (Å²) in [6.07, 6.45) is 1.74. The van der Waals surface area contributed by atoms with Gasteiger partial charge in [0.15, 0.2) is 0 Å². The van der Waals surface area contributed by atoms with Crippen molar-refractivity contribution in [3.8, 4) is 0 Å². The number of anilines is 1. The van der Waals surface area contributed by atoms with Gasteiger partial charge >= 0.3 is 0 Å². The lowest BCUT2D eigenvalue weighted by Gasteiger charge is -2.45. The molecule has 0 spiro atoms. The zero-order valence-electron chi connectivity index (χ0n) is 20.6. The zero-order valence-corrected chi connectivity index (χ0v) is 21.3. The average molecular weight is 491 g/mol. The molecule has 8 nitrogen and oxygen atoms in total. The number of amides is 1. The molecule has 186 valence electrons. The van der Waals surface area contributed by atoms with Crippen molar-refractivity contribution in [3.63, 3.8) is 0 Å². The Hall–Kier alpha value is -2.84. The van der Waals surface area contributed by atoms with Crippen LogP contribution in [-0.4, -0.2) is 60.1 Å². The number of aromatic nitrogens is 1. The number of pyridine rings is 1. The molecule has 1 saturated heterocycles. The summed E-state index contributed by atoms with van der Waals surface area (Å²) in [6.45, 7) is 10.8. The monoisotopic (exact) mass is 490 g/mol. The van der Waals surface area contributed by atoms with E-state index in [0.29, 0.717) is 22.2 Å². The van der Waals surface area contributed by atoms with Crippen LogP contribution in [0.2, 0.25) is 5.02 Å². The minimum atomic E-state index is -0.250. The molecule has 0 unspecified atom stereocenters. The Morgan fingerprint density at radius 3 is 2.50 bits per heavy atom. The van der Waals surface area contributed by atoms with Crippen molar-refractivity contribution in [2.75, 3.05) is 31.6 Å². The Balaban J connectivity index is 0.00000129. The highest BCUT2D eigenvalue weighted by atomic mass is 35.5. The van der Waals surface area contributed by atoms with Gasteiger partial charge in [-0.3, -0.25) is 14.4 Å². The highest BCUT2D eigenvalue weighted by molar-refractivity contribution is 6.31.